The van der Waals surface area contributed by atoms with Crippen LogP contribution in [0.3, 0.4) is 0 Å². The van der Waals surface area contributed by atoms with E-state index in [0.29, 0.717) is 6.04 Å². The van der Waals surface area contributed by atoms with Crippen molar-refractivity contribution in [3.8, 4) is 0 Å². The molecular formula is C13H22N4S2. The second-order valence-corrected chi connectivity index (χ2v) is 6.75. The summed E-state index contributed by atoms with van der Waals surface area (Å²) < 4.78 is 2.20. The van der Waals surface area contributed by atoms with Crippen LogP contribution in [-0.2, 0) is 6.54 Å². The highest BCUT2D eigenvalue weighted by molar-refractivity contribution is 7.98. The molecule has 6 heteroatoms. The molecular weight excluding hydrogens is 276 g/mol. The average molecular weight is 298 g/mol. The number of rotatable bonds is 7. The Morgan fingerprint density at radius 2 is 2.32 bits per heavy atom. The molecule has 0 unspecified atom stereocenters. The number of thiazole rings is 1. The van der Waals surface area contributed by atoms with Crippen molar-refractivity contribution in [1.82, 2.24) is 14.7 Å². The number of aromatic nitrogens is 2. The summed E-state index contributed by atoms with van der Waals surface area (Å²) >= 11 is 3.56. The molecule has 106 valence electrons. The highest BCUT2D eigenvalue weighted by Gasteiger charge is 2.16. The molecule has 0 atom stereocenters. The molecule has 0 amide bonds. The summed E-state index contributed by atoms with van der Waals surface area (Å²) in [6, 6.07) is 0.480. The molecule has 2 rings (SSSR count). The number of hydrogen-bond acceptors (Lipinski definition) is 5. The van der Waals surface area contributed by atoms with Crippen molar-refractivity contribution in [2.75, 3.05) is 30.5 Å². The van der Waals surface area contributed by atoms with Gasteiger partial charge in [-0.15, -0.1) is 11.3 Å². The molecule has 2 aromatic heterocycles. The SMILES string of the molecule is CSCCN(C)c1nc2sccn2c1CNC(C)C. The summed E-state index contributed by atoms with van der Waals surface area (Å²) in [6.45, 7) is 6.22. The van der Waals surface area contributed by atoms with E-state index in [-0.39, 0.29) is 0 Å². The van der Waals surface area contributed by atoms with Gasteiger partial charge in [0.05, 0.1) is 5.69 Å². The predicted molar refractivity (Wildman–Crippen MR) is 86.7 cm³/mol. The predicted octanol–water partition coefficient (Wildman–Crippen LogP) is 2.69. The van der Waals surface area contributed by atoms with E-state index in [9.17, 15) is 0 Å². The first-order valence-corrected chi connectivity index (χ1v) is 8.78. The lowest BCUT2D eigenvalue weighted by molar-refractivity contribution is 0.579. The van der Waals surface area contributed by atoms with Crippen LogP contribution < -0.4 is 10.2 Å². The third kappa shape index (κ3) is 3.43. The monoisotopic (exact) mass is 298 g/mol. The Kier molecular flexibility index (Phi) is 5.13. The van der Waals surface area contributed by atoms with Crippen molar-refractivity contribution in [3.63, 3.8) is 0 Å². The topological polar surface area (TPSA) is 32.6 Å². The van der Waals surface area contributed by atoms with Gasteiger partial charge in [-0.05, 0) is 6.26 Å². The Balaban J connectivity index is 2.25. The van der Waals surface area contributed by atoms with Crippen LogP contribution in [0.25, 0.3) is 4.96 Å². The van der Waals surface area contributed by atoms with Gasteiger partial charge in [-0.3, -0.25) is 4.40 Å². The van der Waals surface area contributed by atoms with Gasteiger partial charge in [-0.25, -0.2) is 4.98 Å². The molecule has 2 aromatic rings. The van der Waals surface area contributed by atoms with E-state index < -0.39 is 0 Å². The number of fused-ring (bicyclic) bond motifs is 1. The summed E-state index contributed by atoms with van der Waals surface area (Å²) in [5.41, 5.74) is 1.26. The van der Waals surface area contributed by atoms with Crippen LogP contribution in [0.5, 0.6) is 0 Å². The molecule has 0 saturated carbocycles. The molecule has 0 radical (unpaired) electrons. The molecule has 0 fully saturated rings. The molecule has 1 N–H and O–H groups in total. The fourth-order valence-corrected chi connectivity index (χ4v) is 3.11. The summed E-state index contributed by atoms with van der Waals surface area (Å²) in [4.78, 5) is 8.09. The highest BCUT2D eigenvalue weighted by atomic mass is 32.2. The van der Waals surface area contributed by atoms with Gasteiger partial charge in [0, 0.05) is 43.5 Å². The number of imidazole rings is 1. The van der Waals surface area contributed by atoms with Gasteiger partial charge in [-0.1, -0.05) is 13.8 Å². The minimum Gasteiger partial charge on any atom is -0.357 e. The molecule has 0 aromatic carbocycles. The summed E-state index contributed by atoms with van der Waals surface area (Å²) in [5, 5.41) is 5.58. The third-order valence-corrected chi connectivity index (χ3v) is 4.36. The number of nitrogens with zero attached hydrogens (tertiary/aromatic N) is 3. The zero-order valence-corrected chi connectivity index (χ0v) is 13.6. The quantitative estimate of drug-likeness (QED) is 0.852. The normalized spacial score (nSPS) is 11.6. The molecule has 0 aliphatic carbocycles. The first kappa shape index (κ1) is 14.7. The summed E-state index contributed by atoms with van der Waals surface area (Å²) in [6.07, 6.45) is 4.25. The van der Waals surface area contributed by atoms with Crippen molar-refractivity contribution in [2.45, 2.75) is 26.4 Å². The number of anilines is 1. The molecule has 0 spiro atoms. The lowest BCUT2D eigenvalue weighted by atomic mass is 10.3. The molecule has 0 aliphatic rings. The minimum absolute atomic E-state index is 0.480. The van der Waals surface area contributed by atoms with Crippen LogP contribution >= 0.6 is 23.1 Å². The smallest absolute Gasteiger partial charge is 0.195 e. The Morgan fingerprint density at radius 3 is 3.00 bits per heavy atom. The fraction of sp³-hybridized carbons (Fsp3) is 0.615. The van der Waals surface area contributed by atoms with Gasteiger partial charge in [0.15, 0.2) is 10.8 Å². The molecule has 19 heavy (non-hydrogen) atoms. The Morgan fingerprint density at radius 1 is 1.53 bits per heavy atom. The molecule has 4 nitrogen and oxygen atoms in total. The average Bonchev–Trinajstić information content (AvgIpc) is 2.93. The van der Waals surface area contributed by atoms with Crippen molar-refractivity contribution in [1.29, 1.82) is 0 Å². The fourth-order valence-electron chi connectivity index (χ4n) is 1.93. The summed E-state index contributed by atoms with van der Waals surface area (Å²) in [5.74, 6) is 2.23. The largest absolute Gasteiger partial charge is 0.357 e. The van der Waals surface area contributed by atoms with Gasteiger partial charge < -0.3 is 10.2 Å². The van der Waals surface area contributed by atoms with Crippen molar-refractivity contribution < 1.29 is 0 Å². The zero-order valence-electron chi connectivity index (χ0n) is 12.0. The van der Waals surface area contributed by atoms with E-state index in [2.05, 4.69) is 53.3 Å². The van der Waals surface area contributed by atoms with Crippen LogP contribution in [0.2, 0.25) is 0 Å². The molecule has 2 heterocycles. The van der Waals surface area contributed by atoms with Crippen LogP contribution in [0.15, 0.2) is 11.6 Å². The van der Waals surface area contributed by atoms with Crippen LogP contribution in [-0.4, -0.2) is 41.0 Å². The van der Waals surface area contributed by atoms with E-state index >= 15 is 0 Å². The first-order valence-electron chi connectivity index (χ1n) is 6.51. The lowest BCUT2D eigenvalue weighted by Gasteiger charge is -2.18. The van der Waals surface area contributed by atoms with E-state index in [4.69, 9.17) is 4.98 Å². The molecule has 0 aliphatic heterocycles. The second kappa shape index (κ2) is 6.63. The van der Waals surface area contributed by atoms with Crippen molar-refractivity contribution in [2.24, 2.45) is 0 Å². The maximum absolute atomic E-state index is 4.76. The van der Waals surface area contributed by atoms with E-state index in [0.717, 1.165) is 29.6 Å². The van der Waals surface area contributed by atoms with Crippen molar-refractivity contribution >= 4 is 33.9 Å². The van der Waals surface area contributed by atoms with Crippen LogP contribution in [0.1, 0.15) is 19.5 Å². The Bertz CT molecular complexity index is 518. The van der Waals surface area contributed by atoms with E-state index in [1.165, 1.54) is 5.69 Å². The lowest BCUT2D eigenvalue weighted by Crippen LogP contribution is -2.26. The van der Waals surface area contributed by atoms with Gasteiger partial charge in [0.2, 0.25) is 0 Å². The summed E-state index contributed by atoms with van der Waals surface area (Å²) in [7, 11) is 2.13. The number of nitrogens with one attached hydrogen (secondary N) is 1. The van der Waals surface area contributed by atoms with Gasteiger partial charge in [0.1, 0.15) is 0 Å². The Labute approximate surface area is 123 Å². The van der Waals surface area contributed by atoms with Gasteiger partial charge >= 0.3 is 0 Å². The van der Waals surface area contributed by atoms with Gasteiger partial charge in [0.25, 0.3) is 0 Å². The van der Waals surface area contributed by atoms with Crippen molar-refractivity contribution in [3.05, 3.63) is 17.3 Å². The van der Waals surface area contributed by atoms with Crippen LogP contribution in [0, 0.1) is 0 Å². The maximum atomic E-state index is 4.76. The van der Waals surface area contributed by atoms with Gasteiger partial charge in [-0.2, -0.15) is 11.8 Å². The molecule has 0 bridgehead atoms. The van der Waals surface area contributed by atoms with E-state index in [1.807, 2.05) is 11.8 Å². The first-order chi connectivity index (χ1) is 9.13. The van der Waals surface area contributed by atoms with Crippen LogP contribution in [0.4, 0.5) is 5.82 Å². The zero-order chi connectivity index (χ0) is 13.8. The highest BCUT2D eigenvalue weighted by Crippen LogP contribution is 2.24. The third-order valence-electron chi connectivity index (χ3n) is 3.01. The molecule has 0 saturated heterocycles. The second-order valence-electron chi connectivity index (χ2n) is 4.89. The number of hydrogen-bond donors (Lipinski definition) is 1. The maximum Gasteiger partial charge on any atom is 0.195 e. The Hall–Kier alpha value is -0.720. The standard InChI is InChI=1S/C13H22N4S2/c1-10(2)14-9-11-12(16(3)5-7-18-4)15-13-17(11)6-8-19-13/h6,8,10,14H,5,7,9H2,1-4H3. The van der Waals surface area contributed by atoms with E-state index in [1.54, 1.807) is 11.3 Å². The minimum atomic E-state index is 0.480. The number of thioether (sulfide) groups is 1.